The number of ether oxygens (including phenoxy) is 2. The first-order valence-electron chi connectivity index (χ1n) is 8.81. The average Bonchev–Trinajstić information content (AvgIpc) is 2.87. The number of hydrogen-bond acceptors (Lipinski definition) is 6. The molecule has 2 aliphatic rings. The third-order valence-corrected chi connectivity index (χ3v) is 4.45. The molecule has 2 heterocycles. The van der Waals surface area contributed by atoms with Crippen LogP contribution in [0.5, 0.6) is 0 Å². The number of amides is 2. The van der Waals surface area contributed by atoms with Gasteiger partial charge in [-0.05, 0) is 38.5 Å². The number of nitrogens with zero attached hydrogens (tertiary/aromatic N) is 2. The maximum Gasteiger partial charge on any atom is 0.338 e. The quantitative estimate of drug-likeness (QED) is 0.781. The van der Waals surface area contributed by atoms with Gasteiger partial charge in [-0.1, -0.05) is 6.07 Å². The second-order valence-corrected chi connectivity index (χ2v) is 7.76. The Labute approximate surface area is 157 Å². The van der Waals surface area contributed by atoms with Gasteiger partial charge >= 0.3 is 5.97 Å². The van der Waals surface area contributed by atoms with Crippen molar-refractivity contribution in [3.63, 3.8) is 0 Å². The fourth-order valence-corrected chi connectivity index (χ4v) is 3.18. The van der Waals surface area contributed by atoms with Gasteiger partial charge in [0, 0.05) is 31.4 Å². The fourth-order valence-electron chi connectivity index (χ4n) is 3.18. The molecule has 0 aromatic heterocycles. The molecule has 1 saturated heterocycles. The average molecular weight is 376 g/mol. The van der Waals surface area contributed by atoms with E-state index in [0.29, 0.717) is 17.8 Å². The van der Waals surface area contributed by atoms with Gasteiger partial charge in [0.1, 0.15) is 5.60 Å². The zero-order valence-corrected chi connectivity index (χ0v) is 15.9. The first-order valence-corrected chi connectivity index (χ1v) is 8.81. The van der Waals surface area contributed by atoms with Crippen molar-refractivity contribution >= 4 is 23.5 Å². The summed E-state index contributed by atoms with van der Waals surface area (Å²) in [7, 11) is 1.72. The van der Waals surface area contributed by atoms with Gasteiger partial charge in [0.05, 0.1) is 6.61 Å². The summed E-state index contributed by atoms with van der Waals surface area (Å²) in [5, 5.41) is 10.3. The van der Waals surface area contributed by atoms with E-state index in [0.717, 1.165) is 5.56 Å². The number of anilines is 1. The van der Waals surface area contributed by atoms with Crippen molar-refractivity contribution < 1.29 is 29.0 Å². The Morgan fingerprint density at radius 1 is 1.33 bits per heavy atom. The monoisotopic (exact) mass is 376 g/mol. The molecule has 0 saturated carbocycles. The number of morpholine rings is 1. The maximum atomic E-state index is 12.8. The third-order valence-electron chi connectivity index (χ3n) is 4.45. The number of aliphatic hydroxyl groups is 1. The number of carbonyl (C=O) groups is 3. The minimum atomic E-state index is -1.72. The van der Waals surface area contributed by atoms with Crippen LogP contribution in [-0.4, -0.2) is 65.8 Å². The highest BCUT2D eigenvalue weighted by molar-refractivity contribution is 6.03. The van der Waals surface area contributed by atoms with Crippen molar-refractivity contribution in [1.82, 2.24) is 4.90 Å². The lowest BCUT2D eigenvalue weighted by Crippen LogP contribution is -2.55. The molecule has 2 aliphatic heterocycles. The molecule has 0 radical (unpaired) electrons. The first-order chi connectivity index (χ1) is 12.6. The SMILES string of the molecule is CN1Cc2ccc(N3CCOC(C(O)C(=O)OC(C)(C)C)C3=O)cc2C1=O. The topological polar surface area (TPSA) is 96.4 Å². The van der Waals surface area contributed by atoms with Crippen molar-refractivity contribution in [2.45, 2.75) is 45.1 Å². The number of benzene rings is 1. The normalized spacial score (nSPS) is 21.3. The minimum Gasteiger partial charge on any atom is -0.458 e. The van der Waals surface area contributed by atoms with Crippen LogP contribution in [0.1, 0.15) is 36.7 Å². The van der Waals surface area contributed by atoms with E-state index < -0.39 is 29.7 Å². The first kappa shape index (κ1) is 19.3. The van der Waals surface area contributed by atoms with Crippen molar-refractivity contribution in [1.29, 1.82) is 0 Å². The van der Waals surface area contributed by atoms with E-state index in [1.807, 2.05) is 6.07 Å². The Hall–Kier alpha value is -2.45. The van der Waals surface area contributed by atoms with Crippen LogP contribution >= 0.6 is 0 Å². The van der Waals surface area contributed by atoms with Gasteiger partial charge in [-0.3, -0.25) is 9.59 Å². The van der Waals surface area contributed by atoms with Crippen LogP contribution in [0.4, 0.5) is 5.69 Å². The van der Waals surface area contributed by atoms with Gasteiger partial charge in [0.2, 0.25) is 0 Å². The van der Waals surface area contributed by atoms with E-state index in [1.165, 1.54) is 4.90 Å². The summed E-state index contributed by atoms with van der Waals surface area (Å²) in [6.45, 7) is 5.97. The number of esters is 1. The molecule has 0 spiro atoms. The van der Waals surface area contributed by atoms with Crippen LogP contribution in [0.15, 0.2) is 18.2 Å². The zero-order chi connectivity index (χ0) is 19.9. The number of fused-ring (bicyclic) bond motifs is 1. The highest BCUT2D eigenvalue weighted by Gasteiger charge is 2.41. The van der Waals surface area contributed by atoms with Crippen molar-refractivity contribution in [3.8, 4) is 0 Å². The van der Waals surface area contributed by atoms with E-state index in [2.05, 4.69) is 0 Å². The predicted octanol–water partition coefficient (Wildman–Crippen LogP) is 0.707. The summed E-state index contributed by atoms with van der Waals surface area (Å²) < 4.78 is 10.5. The third kappa shape index (κ3) is 3.81. The number of carbonyl (C=O) groups excluding carboxylic acids is 3. The summed E-state index contributed by atoms with van der Waals surface area (Å²) in [5.74, 6) is -1.55. The van der Waals surface area contributed by atoms with Crippen LogP contribution in [0, 0.1) is 0 Å². The van der Waals surface area contributed by atoms with Crippen molar-refractivity contribution in [3.05, 3.63) is 29.3 Å². The lowest BCUT2D eigenvalue weighted by atomic mass is 10.1. The summed E-state index contributed by atoms with van der Waals surface area (Å²) >= 11 is 0. The zero-order valence-electron chi connectivity index (χ0n) is 15.9. The Kier molecular flexibility index (Phi) is 4.96. The van der Waals surface area contributed by atoms with Gasteiger partial charge in [-0.15, -0.1) is 0 Å². The highest BCUT2D eigenvalue weighted by atomic mass is 16.6. The Balaban J connectivity index is 1.80. The molecule has 1 aromatic rings. The molecule has 2 atom stereocenters. The lowest BCUT2D eigenvalue weighted by Gasteiger charge is -2.34. The van der Waals surface area contributed by atoms with E-state index in [-0.39, 0.29) is 19.1 Å². The molecule has 3 rings (SSSR count). The van der Waals surface area contributed by atoms with Crippen LogP contribution in [-0.2, 0) is 25.6 Å². The molecule has 2 unspecified atom stereocenters. The second-order valence-electron chi connectivity index (χ2n) is 7.76. The van der Waals surface area contributed by atoms with E-state index >= 15 is 0 Å². The van der Waals surface area contributed by atoms with E-state index in [4.69, 9.17) is 9.47 Å². The van der Waals surface area contributed by atoms with Crippen LogP contribution < -0.4 is 4.90 Å². The lowest BCUT2D eigenvalue weighted by molar-refractivity contribution is -0.177. The molecule has 8 heteroatoms. The van der Waals surface area contributed by atoms with E-state index in [9.17, 15) is 19.5 Å². The van der Waals surface area contributed by atoms with Gasteiger partial charge in [-0.2, -0.15) is 0 Å². The number of rotatable bonds is 3. The summed E-state index contributed by atoms with van der Waals surface area (Å²) in [4.78, 5) is 40.2. The summed E-state index contributed by atoms with van der Waals surface area (Å²) in [6.07, 6.45) is -3.07. The molecule has 0 bridgehead atoms. The second kappa shape index (κ2) is 6.94. The van der Waals surface area contributed by atoms with Gasteiger partial charge in [0.25, 0.3) is 11.8 Å². The molecule has 1 N–H and O–H groups in total. The minimum absolute atomic E-state index is 0.0992. The van der Waals surface area contributed by atoms with Crippen LogP contribution in [0.25, 0.3) is 0 Å². The summed E-state index contributed by atoms with van der Waals surface area (Å²) in [5.41, 5.74) is 1.20. The van der Waals surface area contributed by atoms with Crippen LogP contribution in [0.3, 0.4) is 0 Å². The summed E-state index contributed by atoms with van der Waals surface area (Å²) in [6, 6.07) is 5.24. The van der Waals surface area contributed by atoms with Gasteiger partial charge in [0.15, 0.2) is 12.2 Å². The Morgan fingerprint density at radius 2 is 2.04 bits per heavy atom. The smallest absolute Gasteiger partial charge is 0.338 e. The van der Waals surface area contributed by atoms with Crippen molar-refractivity contribution in [2.24, 2.45) is 0 Å². The molecule has 146 valence electrons. The predicted molar refractivity (Wildman–Crippen MR) is 96.2 cm³/mol. The van der Waals surface area contributed by atoms with E-state index in [1.54, 1.807) is 44.9 Å². The fraction of sp³-hybridized carbons (Fsp3) is 0.526. The van der Waals surface area contributed by atoms with Crippen molar-refractivity contribution in [2.75, 3.05) is 25.1 Å². The standard InChI is InChI=1S/C19H24N2O6/c1-19(2,3)27-18(25)14(22)15-17(24)21(7-8-26-15)12-6-5-11-10-20(4)16(23)13(11)9-12/h5-6,9,14-15,22H,7-8,10H2,1-4H3. The Morgan fingerprint density at radius 3 is 2.70 bits per heavy atom. The Bertz CT molecular complexity index is 785. The molecule has 8 nitrogen and oxygen atoms in total. The molecule has 1 fully saturated rings. The van der Waals surface area contributed by atoms with Crippen LogP contribution in [0.2, 0.25) is 0 Å². The molecule has 0 aliphatic carbocycles. The molecular formula is C19H24N2O6. The molecule has 1 aromatic carbocycles. The van der Waals surface area contributed by atoms with Gasteiger partial charge in [-0.25, -0.2) is 4.79 Å². The molecule has 27 heavy (non-hydrogen) atoms. The van der Waals surface area contributed by atoms with Gasteiger partial charge < -0.3 is 24.4 Å². The number of hydrogen-bond donors (Lipinski definition) is 1. The number of aliphatic hydroxyl groups excluding tert-OH is 1. The largest absolute Gasteiger partial charge is 0.458 e. The maximum absolute atomic E-state index is 12.8. The highest BCUT2D eigenvalue weighted by Crippen LogP contribution is 2.28. The molecular weight excluding hydrogens is 352 g/mol. The molecule has 2 amide bonds.